The van der Waals surface area contributed by atoms with Crippen LogP contribution >= 0.6 is 11.6 Å². The lowest BCUT2D eigenvalue weighted by atomic mass is 10.0. The molecule has 1 fully saturated rings. The van der Waals surface area contributed by atoms with E-state index in [4.69, 9.17) is 11.6 Å². The summed E-state index contributed by atoms with van der Waals surface area (Å²) in [5.74, 6) is 0.155. The van der Waals surface area contributed by atoms with Crippen LogP contribution in [0.4, 0.5) is 0 Å². The fourth-order valence-electron chi connectivity index (χ4n) is 3.47. The number of carbonyl (C=O) groups is 1. The van der Waals surface area contributed by atoms with Gasteiger partial charge in [0.05, 0.1) is 12.1 Å². The minimum Gasteiger partial charge on any atom is -0.353 e. The van der Waals surface area contributed by atoms with Gasteiger partial charge >= 0.3 is 0 Å². The van der Waals surface area contributed by atoms with Crippen LogP contribution < -0.4 is 5.32 Å². The number of hydrogen-bond donors (Lipinski definition) is 1. The molecule has 1 amide bonds. The van der Waals surface area contributed by atoms with E-state index in [1.165, 1.54) is 6.42 Å². The van der Waals surface area contributed by atoms with E-state index in [2.05, 4.69) is 22.0 Å². The molecule has 24 heavy (non-hydrogen) atoms. The molecule has 134 valence electrons. The highest BCUT2D eigenvalue weighted by atomic mass is 35.5. The van der Waals surface area contributed by atoms with E-state index in [0.717, 1.165) is 42.9 Å². The molecule has 2 rings (SSSR count). The second-order valence-electron chi connectivity index (χ2n) is 6.79. The van der Waals surface area contributed by atoms with Gasteiger partial charge in [-0.2, -0.15) is 0 Å². The monoisotopic (exact) mass is 351 g/mol. The van der Waals surface area contributed by atoms with E-state index in [0.29, 0.717) is 6.54 Å². The lowest BCUT2D eigenvalue weighted by Crippen LogP contribution is -2.50. The maximum atomic E-state index is 12.7. The Kier molecular flexibility index (Phi) is 7.53. The molecule has 1 N–H and O–H groups in total. The van der Waals surface area contributed by atoms with Crippen LogP contribution in [-0.4, -0.2) is 55.5 Å². The number of nitrogens with one attached hydrogen (secondary N) is 1. The molecule has 0 saturated carbocycles. The van der Waals surface area contributed by atoms with E-state index < -0.39 is 0 Å². The third-order valence-electron chi connectivity index (χ3n) is 4.78. The Morgan fingerprint density at radius 2 is 2.12 bits per heavy atom. The fraction of sp³-hybridized carbons (Fsp3) is 0.632. The van der Waals surface area contributed by atoms with E-state index in [9.17, 15) is 4.79 Å². The molecule has 0 spiro atoms. The van der Waals surface area contributed by atoms with Gasteiger partial charge < -0.3 is 10.2 Å². The van der Waals surface area contributed by atoms with Crippen LogP contribution in [-0.2, 0) is 4.79 Å². The van der Waals surface area contributed by atoms with Gasteiger partial charge in [-0.15, -0.1) is 0 Å². The molecule has 0 bridgehead atoms. The van der Waals surface area contributed by atoms with Crippen molar-refractivity contribution < 1.29 is 4.79 Å². The Morgan fingerprint density at radius 1 is 1.38 bits per heavy atom. The largest absolute Gasteiger partial charge is 0.353 e. The topological polar surface area (TPSA) is 35.6 Å². The van der Waals surface area contributed by atoms with Crippen LogP contribution in [0.25, 0.3) is 0 Å². The summed E-state index contributed by atoms with van der Waals surface area (Å²) >= 11 is 6.34. The predicted octanol–water partition coefficient (Wildman–Crippen LogP) is 3.32. The number of nitrogens with zero attached hydrogens (tertiary/aromatic N) is 2. The molecule has 1 aliphatic rings. The molecular weight excluding hydrogens is 322 g/mol. The Labute approximate surface area is 151 Å². The molecule has 2 unspecified atom stereocenters. The number of hydrogen-bond acceptors (Lipinski definition) is 3. The van der Waals surface area contributed by atoms with E-state index in [1.54, 1.807) is 0 Å². The lowest BCUT2D eigenvalue weighted by Gasteiger charge is -2.35. The molecule has 2 atom stereocenters. The molecule has 1 aromatic rings. The smallest absolute Gasteiger partial charge is 0.237 e. The van der Waals surface area contributed by atoms with Crippen LogP contribution in [0, 0.1) is 0 Å². The van der Waals surface area contributed by atoms with Crippen LogP contribution in [0.1, 0.15) is 44.2 Å². The maximum absolute atomic E-state index is 12.7. The number of halogens is 1. The second kappa shape index (κ2) is 9.40. The molecule has 1 aliphatic heterocycles. The van der Waals surface area contributed by atoms with Crippen LogP contribution in [0.3, 0.4) is 0 Å². The first-order chi connectivity index (χ1) is 11.5. The number of amides is 1. The van der Waals surface area contributed by atoms with Gasteiger partial charge in [0.25, 0.3) is 0 Å². The Balaban J connectivity index is 2.01. The molecule has 1 aromatic carbocycles. The van der Waals surface area contributed by atoms with Crippen molar-refractivity contribution in [3.05, 3.63) is 34.9 Å². The van der Waals surface area contributed by atoms with Crippen molar-refractivity contribution in [2.45, 2.75) is 44.7 Å². The minimum absolute atomic E-state index is 0.0211. The quantitative estimate of drug-likeness (QED) is 0.818. The summed E-state index contributed by atoms with van der Waals surface area (Å²) < 4.78 is 0. The van der Waals surface area contributed by atoms with Crippen molar-refractivity contribution >= 4 is 17.5 Å². The normalized spacial score (nSPS) is 20.1. The predicted molar refractivity (Wildman–Crippen MR) is 100 cm³/mol. The van der Waals surface area contributed by atoms with Gasteiger partial charge in [0, 0.05) is 11.6 Å². The summed E-state index contributed by atoms with van der Waals surface area (Å²) in [6.07, 6.45) is 4.39. The molecule has 1 heterocycles. The Morgan fingerprint density at radius 3 is 2.79 bits per heavy atom. The number of piperidine rings is 1. The van der Waals surface area contributed by atoms with Crippen molar-refractivity contribution in [3.8, 4) is 0 Å². The molecule has 5 heteroatoms. The molecule has 1 saturated heterocycles. The van der Waals surface area contributed by atoms with Crippen molar-refractivity contribution in [1.82, 2.24) is 15.1 Å². The number of carbonyl (C=O) groups excluding carboxylic acids is 1. The molecule has 0 radical (unpaired) electrons. The highest BCUT2D eigenvalue weighted by Crippen LogP contribution is 2.25. The SMILES string of the molecule is CCCN1CCCCC1C(=O)NCC(c1ccccc1Cl)N(C)C. The van der Waals surface area contributed by atoms with E-state index in [-0.39, 0.29) is 18.0 Å². The first kappa shape index (κ1) is 19.2. The van der Waals surface area contributed by atoms with Gasteiger partial charge in [0.2, 0.25) is 5.91 Å². The number of likely N-dealkylation sites (N-methyl/N-ethyl adjacent to an activating group) is 1. The summed E-state index contributed by atoms with van der Waals surface area (Å²) in [5.41, 5.74) is 1.05. The van der Waals surface area contributed by atoms with Gasteiger partial charge in [-0.05, 0) is 58.1 Å². The number of likely N-dealkylation sites (tertiary alicyclic amines) is 1. The third-order valence-corrected chi connectivity index (χ3v) is 5.13. The first-order valence-corrected chi connectivity index (χ1v) is 9.35. The molecule has 4 nitrogen and oxygen atoms in total. The van der Waals surface area contributed by atoms with Gasteiger partial charge in [-0.1, -0.05) is 43.1 Å². The average Bonchev–Trinajstić information content (AvgIpc) is 2.57. The summed E-state index contributed by atoms with van der Waals surface area (Å²) in [6, 6.07) is 7.95. The fourth-order valence-corrected chi connectivity index (χ4v) is 3.74. The summed E-state index contributed by atoms with van der Waals surface area (Å²) in [5, 5.41) is 3.91. The zero-order chi connectivity index (χ0) is 17.5. The zero-order valence-electron chi connectivity index (χ0n) is 15.1. The third kappa shape index (κ3) is 4.95. The molecule has 0 aromatic heterocycles. The van der Waals surface area contributed by atoms with E-state index >= 15 is 0 Å². The van der Waals surface area contributed by atoms with Crippen LogP contribution in [0.5, 0.6) is 0 Å². The Bertz CT molecular complexity index is 533. The van der Waals surface area contributed by atoms with Gasteiger partial charge in [0.15, 0.2) is 0 Å². The van der Waals surface area contributed by atoms with Crippen LogP contribution in [0.15, 0.2) is 24.3 Å². The molecular formula is C19H30ClN3O. The van der Waals surface area contributed by atoms with Crippen LogP contribution in [0.2, 0.25) is 5.02 Å². The summed E-state index contributed by atoms with van der Waals surface area (Å²) in [6.45, 7) is 4.78. The summed E-state index contributed by atoms with van der Waals surface area (Å²) in [4.78, 5) is 17.2. The Hall–Kier alpha value is -1.10. The van der Waals surface area contributed by atoms with Gasteiger partial charge in [0.1, 0.15) is 0 Å². The van der Waals surface area contributed by atoms with Crippen molar-refractivity contribution in [2.75, 3.05) is 33.7 Å². The number of benzene rings is 1. The molecule has 0 aliphatic carbocycles. The maximum Gasteiger partial charge on any atom is 0.237 e. The summed E-state index contributed by atoms with van der Waals surface area (Å²) in [7, 11) is 4.04. The van der Waals surface area contributed by atoms with Crippen molar-refractivity contribution in [3.63, 3.8) is 0 Å². The standard InChI is InChI=1S/C19H30ClN3O/c1-4-12-23-13-8-7-11-17(23)19(24)21-14-18(22(2)3)15-9-5-6-10-16(15)20/h5-6,9-10,17-18H,4,7-8,11-14H2,1-3H3,(H,21,24). The lowest BCUT2D eigenvalue weighted by molar-refractivity contribution is -0.127. The van der Waals surface area contributed by atoms with Crippen molar-refractivity contribution in [2.24, 2.45) is 0 Å². The average molecular weight is 352 g/mol. The van der Waals surface area contributed by atoms with Gasteiger partial charge in [-0.25, -0.2) is 0 Å². The highest BCUT2D eigenvalue weighted by Gasteiger charge is 2.28. The second-order valence-corrected chi connectivity index (χ2v) is 7.20. The zero-order valence-corrected chi connectivity index (χ0v) is 15.9. The van der Waals surface area contributed by atoms with E-state index in [1.807, 2.05) is 38.4 Å². The van der Waals surface area contributed by atoms with Crippen molar-refractivity contribution in [1.29, 1.82) is 0 Å². The first-order valence-electron chi connectivity index (χ1n) is 8.97. The highest BCUT2D eigenvalue weighted by molar-refractivity contribution is 6.31. The minimum atomic E-state index is 0.0211. The van der Waals surface area contributed by atoms with Gasteiger partial charge in [-0.3, -0.25) is 9.69 Å². The number of rotatable bonds is 7.